The molecule has 1 aromatic carbocycles. The molecule has 0 aliphatic carbocycles. The van der Waals surface area contributed by atoms with Gasteiger partial charge in [0.1, 0.15) is 5.01 Å². The Balaban J connectivity index is 2.18. The van der Waals surface area contributed by atoms with Crippen LogP contribution in [0.3, 0.4) is 0 Å². The summed E-state index contributed by atoms with van der Waals surface area (Å²) in [5.41, 5.74) is 6.83. The van der Waals surface area contributed by atoms with Crippen molar-refractivity contribution in [1.82, 2.24) is 4.98 Å². The van der Waals surface area contributed by atoms with Gasteiger partial charge in [-0.1, -0.05) is 18.2 Å². The highest BCUT2D eigenvalue weighted by atomic mass is 32.1. The molecule has 0 saturated carbocycles. The minimum Gasteiger partial charge on any atom is -0.326 e. The van der Waals surface area contributed by atoms with E-state index in [1.165, 1.54) is 15.6 Å². The average molecular weight is 246 g/mol. The Labute approximate surface area is 101 Å². The third kappa shape index (κ3) is 1.55. The largest absolute Gasteiger partial charge is 0.326 e. The van der Waals surface area contributed by atoms with Crippen LogP contribution in [0.5, 0.6) is 0 Å². The first-order valence-corrected chi connectivity index (χ1v) is 6.69. The van der Waals surface area contributed by atoms with Crippen molar-refractivity contribution >= 4 is 32.8 Å². The van der Waals surface area contributed by atoms with Gasteiger partial charge in [-0.25, -0.2) is 4.98 Å². The van der Waals surface area contributed by atoms with Crippen molar-refractivity contribution in [2.24, 2.45) is 5.73 Å². The zero-order valence-electron chi connectivity index (χ0n) is 8.51. The zero-order valence-corrected chi connectivity index (χ0v) is 10.1. The Bertz CT molecular complexity index is 625. The van der Waals surface area contributed by atoms with Crippen molar-refractivity contribution in [3.8, 4) is 10.6 Å². The van der Waals surface area contributed by atoms with E-state index in [1.54, 1.807) is 22.7 Å². The van der Waals surface area contributed by atoms with Crippen LogP contribution in [0.4, 0.5) is 0 Å². The molecule has 2 nitrogen and oxygen atoms in total. The summed E-state index contributed by atoms with van der Waals surface area (Å²) in [6, 6.07) is 8.41. The topological polar surface area (TPSA) is 38.9 Å². The van der Waals surface area contributed by atoms with E-state index >= 15 is 0 Å². The molecule has 0 atom stereocenters. The van der Waals surface area contributed by atoms with Crippen LogP contribution in [0.2, 0.25) is 0 Å². The summed E-state index contributed by atoms with van der Waals surface area (Å²) in [4.78, 5) is 5.55. The molecule has 80 valence electrons. The van der Waals surface area contributed by atoms with E-state index in [4.69, 9.17) is 5.73 Å². The number of thiazole rings is 1. The number of fused-ring (bicyclic) bond motifs is 1. The van der Waals surface area contributed by atoms with Crippen LogP contribution in [0.15, 0.2) is 35.8 Å². The average Bonchev–Trinajstić information content (AvgIpc) is 2.94. The summed E-state index contributed by atoms with van der Waals surface area (Å²) in [5, 5.41) is 4.52. The molecule has 0 radical (unpaired) electrons. The SMILES string of the molecule is NCc1cnc(-c2csc3ccccc23)s1. The molecule has 4 heteroatoms. The van der Waals surface area contributed by atoms with E-state index in [9.17, 15) is 0 Å². The molecule has 16 heavy (non-hydrogen) atoms. The standard InChI is InChI=1S/C12H10N2S2/c13-5-8-6-14-12(16-8)10-7-15-11-4-2-1-3-9(10)11/h1-4,6-7H,5,13H2. The first kappa shape index (κ1) is 9.96. The lowest BCUT2D eigenvalue weighted by Crippen LogP contribution is -1.91. The Morgan fingerprint density at radius 1 is 1.25 bits per heavy atom. The molecule has 0 unspecified atom stereocenters. The molecule has 3 aromatic rings. The van der Waals surface area contributed by atoms with Gasteiger partial charge in [-0.3, -0.25) is 0 Å². The van der Waals surface area contributed by atoms with Crippen molar-refractivity contribution in [1.29, 1.82) is 0 Å². The van der Waals surface area contributed by atoms with E-state index in [0.717, 1.165) is 9.88 Å². The highest BCUT2D eigenvalue weighted by Crippen LogP contribution is 2.35. The molecule has 0 aliphatic rings. The van der Waals surface area contributed by atoms with Crippen LogP contribution in [0.25, 0.3) is 20.7 Å². The van der Waals surface area contributed by atoms with Crippen LogP contribution < -0.4 is 5.73 Å². The Morgan fingerprint density at radius 3 is 2.94 bits per heavy atom. The van der Waals surface area contributed by atoms with Crippen molar-refractivity contribution in [2.45, 2.75) is 6.54 Å². The number of aromatic nitrogens is 1. The maximum atomic E-state index is 5.60. The van der Waals surface area contributed by atoms with Crippen molar-refractivity contribution in [2.75, 3.05) is 0 Å². The molecule has 0 fully saturated rings. The first-order valence-electron chi connectivity index (χ1n) is 5.00. The molecule has 0 spiro atoms. The smallest absolute Gasteiger partial charge is 0.125 e. The number of hydrogen-bond donors (Lipinski definition) is 1. The molecule has 0 amide bonds. The number of hydrogen-bond acceptors (Lipinski definition) is 4. The third-order valence-corrected chi connectivity index (χ3v) is 4.48. The molecule has 0 saturated heterocycles. The minimum absolute atomic E-state index is 0.569. The Morgan fingerprint density at radius 2 is 2.12 bits per heavy atom. The van der Waals surface area contributed by atoms with Gasteiger partial charge in [-0.05, 0) is 6.07 Å². The fraction of sp³-hybridized carbons (Fsp3) is 0.0833. The number of rotatable bonds is 2. The van der Waals surface area contributed by atoms with Gasteiger partial charge in [0.15, 0.2) is 0 Å². The highest BCUT2D eigenvalue weighted by Gasteiger charge is 2.09. The molecule has 0 aliphatic heterocycles. The van der Waals surface area contributed by atoms with Crippen LogP contribution in [0, 0.1) is 0 Å². The third-order valence-electron chi connectivity index (χ3n) is 2.47. The van der Waals surface area contributed by atoms with E-state index < -0.39 is 0 Å². The van der Waals surface area contributed by atoms with Crippen LogP contribution >= 0.6 is 22.7 Å². The highest BCUT2D eigenvalue weighted by molar-refractivity contribution is 7.19. The predicted molar refractivity (Wildman–Crippen MR) is 70.8 cm³/mol. The molecule has 2 aromatic heterocycles. The normalized spacial score (nSPS) is 11.1. The van der Waals surface area contributed by atoms with Gasteiger partial charge in [0.05, 0.1) is 0 Å². The second kappa shape index (κ2) is 3.97. The summed E-state index contributed by atoms with van der Waals surface area (Å²) >= 11 is 3.44. The maximum absolute atomic E-state index is 5.60. The van der Waals surface area contributed by atoms with Gasteiger partial charge in [-0.2, -0.15) is 0 Å². The Kier molecular flexibility index (Phi) is 2.47. The fourth-order valence-corrected chi connectivity index (χ4v) is 3.51. The summed E-state index contributed by atoms with van der Waals surface area (Å²) in [6.45, 7) is 0.569. The van der Waals surface area contributed by atoms with Gasteiger partial charge >= 0.3 is 0 Å². The lowest BCUT2D eigenvalue weighted by molar-refractivity contribution is 1.10. The summed E-state index contributed by atoms with van der Waals surface area (Å²) in [5.74, 6) is 0. The van der Waals surface area contributed by atoms with Gasteiger partial charge in [-0.15, -0.1) is 22.7 Å². The molecule has 0 bridgehead atoms. The fourth-order valence-electron chi connectivity index (χ4n) is 1.67. The lowest BCUT2D eigenvalue weighted by atomic mass is 10.2. The molecule has 2 N–H and O–H groups in total. The molecule has 2 heterocycles. The van der Waals surface area contributed by atoms with Crippen LogP contribution in [-0.4, -0.2) is 4.98 Å². The minimum atomic E-state index is 0.569. The van der Waals surface area contributed by atoms with Crippen LogP contribution in [0.1, 0.15) is 4.88 Å². The molecular weight excluding hydrogens is 236 g/mol. The molecule has 3 rings (SSSR count). The number of nitrogens with two attached hydrogens (primary N) is 1. The Hall–Kier alpha value is -1.23. The number of thiophene rings is 1. The van der Waals surface area contributed by atoms with Gasteiger partial charge < -0.3 is 5.73 Å². The monoisotopic (exact) mass is 246 g/mol. The second-order valence-corrected chi connectivity index (χ2v) is 5.51. The van der Waals surface area contributed by atoms with Crippen molar-refractivity contribution in [3.63, 3.8) is 0 Å². The summed E-state index contributed by atoms with van der Waals surface area (Å²) < 4.78 is 1.31. The maximum Gasteiger partial charge on any atom is 0.125 e. The quantitative estimate of drug-likeness (QED) is 0.751. The van der Waals surface area contributed by atoms with Gasteiger partial charge in [0, 0.05) is 38.6 Å². The van der Waals surface area contributed by atoms with Gasteiger partial charge in [0.2, 0.25) is 0 Å². The lowest BCUT2D eigenvalue weighted by Gasteiger charge is -1.93. The second-order valence-electron chi connectivity index (χ2n) is 3.48. The van der Waals surface area contributed by atoms with Gasteiger partial charge in [0.25, 0.3) is 0 Å². The van der Waals surface area contributed by atoms with Crippen molar-refractivity contribution < 1.29 is 0 Å². The zero-order chi connectivity index (χ0) is 11.0. The van der Waals surface area contributed by atoms with E-state index in [0.29, 0.717) is 6.54 Å². The van der Waals surface area contributed by atoms with Crippen LogP contribution in [-0.2, 0) is 6.54 Å². The van der Waals surface area contributed by atoms with Crippen molar-refractivity contribution in [3.05, 3.63) is 40.7 Å². The first-order chi connectivity index (χ1) is 7.88. The van der Waals surface area contributed by atoms with E-state index in [1.807, 2.05) is 6.20 Å². The predicted octanol–water partition coefficient (Wildman–Crippen LogP) is 3.48. The summed E-state index contributed by atoms with van der Waals surface area (Å²) in [6.07, 6.45) is 1.87. The number of benzene rings is 1. The molecular formula is C12H10N2S2. The summed E-state index contributed by atoms with van der Waals surface area (Å²) in [7, 11) is 0. The number of nitrogens with zero attached hydrogens (tertiary/aromatic N) is 1. The van der Waals surface area contributed by atoms with E-state index in [2.05, 4.69) is 34.6 Å². The van der Waals surface area contributed by atoms with E-state index in [-0.39, 0.29) is 0 Å².